The summed E-state index contributed by atoms with van der Waals surface area (Å²) < 4.78 is 30.9. The van der Waals surface area contributed by atoms with Crippen molar-refractivity contribution in [1.82, 2.24) is 0 Å². The molecule has 1 amide bonds. The Kier molecular flexibility index (Phi) is 6.10. The monoisotopic (exact) mass is 449 g/mol. The highest BCUT2D eigenvalue weighted by molar-refractivity contribution is 7.91. The number of carbonyl (C=O) groups excluding carboxylic acids is 2. The Morgan fingerprint density at radius 2 is 1.47 bits per heavy atom. The van der Waals surface area contributed by atoms with Crippen LogP contribution in [0, 0.1) is 6.92 Å². The van der Waals surface area contributed by atoms with E-state index in [0.717, 1.165) is 5.56 Å². The Hall–Kier alpha value is -3.45. The number of amides is 1. The fourth-order valence-corrected chi connectivity index (χ4v) is 5.70. The van der Waals surface area contributed by atoms with Crippen LogP contribution in [0.2, 0.25) is 0 Å². The first-order valence-electron chi connectivity index (χ1n) is 10.3. The Bertz CT molecular complexity index is 1230. The van der Waals surface area contributed by atoms with E-state index in [2.05, 4.69) is 0 Å². The number of esters is 1. The van der Waals surface area contributed by atoms with Gasteiger partial charge in [0.1, 0.15) is 6.10 Å². The van der Waals surface area contributed by atoms with Gasteiger partial charge < -0.3 is 9.64 Å². The number of carbonyl (C=O) groups is 2. The van der Waals surface area contributed by atoms with E-state index in [0.29, 0.717) is 16.8 Å². The van der Waals surface area contributed by atoms with Gasteiger partial charge in [-0.3, -0.25) is 4.79 Å². The van der Waals surface area contributed by atoms with Gasteiger partial charge in [0.05, 0.1) is 23.1 Å². The Balaban J connectivity index is 1.73. The molecule has 0 aliphatic carbocycles. The van der Waals surface area contributed by atoms with Gasteiger partial charge in [0.2, 0.25) is 0 Å². The van der Waals surface area contributed by atoms with Gasteiger partial charge in [0.15, 0.2) is 9.84 Å². The fourth-order valence-electron chi connectivity index (χ4n) is 3.89. The highest BCUT2D eigenvalue weighted by Crippen LogP contribution is 2.29. The van der Waals surface area contributed by atoms with E-state index in [1.807, 2.05) is 25.1 Å². The molecule has 0 bridgehead atoms. The van der Waals surface area contributed by atoms with Crippen molar-refractivity contribution >= 4 is 27.4 Å². The van der Waals surface area contributed by atoms with Gasteiger partial charge in [0, 0.05) is 11.3 Å². The van der Waals surface area contributed by atoms with Crippen LogP contribution in [0.15, 0.2) is 84.9 Å². The quantitative estimate of drug-likeness (QED) is 0.556. The van der Waals surface area contributed by atoms with Crippen molar-refractivity contribution in [2.45, 2.75) is 19.1 Å². The van der Waals surface area contributed by atoms with Crippen LogP contribution < -0.4 is 4.90 Å². The molecule has 1 saturated heterocycles. The number of anilines is 1. The molecule has 32 heavy (non-hydrogen) atoms. The zero-order chi connectivity index (χ0) is 22.7. The van der Waals surface area contributed by atoms with Crippen molar-refractivity contribution in [3.8, 4) is 0 Å². The van der Waals surface area contributed by atoms with Crippen LogP contribution in [0.3, 0.4) is 0 Å². The molecule has 0 spiro atoms. The summed E-state index contributed by atoms with van der Waals surface area (Å²) in [6.07, 6.45) is -0.985. The first kappa shape index (κ1) is 21.8. The topological polar surface area (TPSA) is 80.8 Å². The predicted molar refractivity (Wildman–Crippen MR) is 123 cm³/mol. The highest BCUT2D eigenvalue weighted by atomic mass is 32.2. The van der Waals surface area contributed by atoms with Crippen LogP contribution in [-0.2, 0) is 14.6 Å². The molecule has 0 unspecified atom stereocenters. The normalized spacial score (nSPS) is 19.3. The minimum absolute atomic E-state index is 0.285. The molecule has 1 aliphatic heterocycles. The van der Waals surface area contributed by atoms with E-state index in [1.54, 1.807) is 66.7 Å². The third kappa shape index (κ3) is 4.73. The van der Waals surface area contributed by atoms with Gasteiger partial charge >= 0.3 is 5.97 Å². The van der Waals surface area contributed by atoms with E-state index in [-0.39, 0.29) is 17.4 Å². The molecule has 3 aromatic carbocycles. The summed E-state index contributed by atoms with van der Waals surface area (Å²) in [7, 11) is -3.52. The number of benzene rings is 3. The summed E-state index contributed by atoms with van der Waals surface area (Å²) in [5.41, 5.74) is 2.23. The highest BCUT2D eigenvalue weighted by Gasteiger charge is 2.46. The zero-order valence-electron chi connectivity index (χ0n) is 17.5. The van der Waals surface area contributed by atoms with Gasteiger partial charge in [-0.05, 0) is 48.9 Å². The first-order valence-corrected chi connectivity index (χ1v) is 12.1. The fraction of sp³-hybridized carbons (Fsp3) is 0.200. The number of aryl methyl sites for hydroxylation is 1. The lowest BCUT2D eigenvalue weighted by atomic mass is 10.1. The standard InChI is InChI=1S/C25H23NO5S/c1-18-9-8-14-21(15-18)26(24(27)19-10-4-2-5-11-19)22-16-32(29,30)17-23(22)31-25(28)20-12-6-3-7-13-20/h2-15,22-23H,16-17H2,1H3/t22-,23-/m1/s1. The second kappa shape index (κ2) is 8.96. The van der Waals surface area contributed by atoms with Crippen molar-refractivity contribution in [1.29, 1.82) is 0 Å². The molecular formula is C25H23NO5S. The largest absolute Gasteiger partial charge is 0.455 e. The number of nitrogens with zero attached hydrogens (tertiary/aromatic N) is 1. The summed E-state index contributed by atoms with van der Waals surface area (Å²) in [6.45, 7) is 1.90. The SMILES string of the molecule is Cc1cccc(N(C(=O)c2ccccc2)[C@@H]2CS(=O)(=O)C[C@H]2OC(=O)c2ccccc2)c1. The molecule has 3 aromatic rings. The van der Waals surface area contributed by atoms with Crippen molar-refractivity contribution in [2.75, 3.05) is 16.4 Å². The van der Waals surface area contributed by atoms with Gasteiger partial charge in [0.25, 0.3) is 5.91 Å². The molecule has 0 aromatic heterocycles. The molecular weight excluding hydrogens is 426 g/mol. The molecule has 7 heteroatoms. The molecule has 2 atom stereocenters. The van der Waals surface area contributed by atoms with Crippen LogP contribution in [0.5, 0.6) is 0 Å². The summed E-state index contributed by atoms with van der Waals surface area (Å²) >= 11 is 0. The summed E-state index contributed by atoms with van der Waals surface area (Å²) in [6, 6.07) is 23.5. The molecule has 0 radical (unpaired) electrons. The van der Waals surface area contributed by atoms with Crippen molar-refractivity contribution in [2.24, 2.45) is 0 Å². The van der Waals surface area contributed by atoms with Crippen LogP contribution in [-0.4, -0.2) is 43.9 Å². The first-order chi connectivity index (χ1) is 15.3. The molecule has 1 aliphatic rings. The Morgan fingerprint density at radius 3 is 2.09 bits per heavy atom. The lowest BCUT2D eigenvalue weighted by Crippen LogP contribution is -2.48. The maximum absolute atomic E-state index is 13.5. The maximum Gasteiger partial charge on any atom is 0.338 e. The Morgan fingerprint density at radius 1 is 0.844 bits per heavy atom. The van der Waals surface area contributed by atoms with Gasteiger partial charge in [-0.25, -0.2) is 13.2 Å². The second-order valence-electron chi connectivity index (χ2n) is 7.83. The zero-order valence-corrected chi connectivity index (χ0v) is 18.4. The van der Waals surface area contributed by atoms with Crippen LogP contribution in [0.1, 0.15) is 26.3 Å². The van der Waals surface area contributed by atoms with Gasteiger partial charge in [-0.15, -0.1) is 0 Å². The predicted octanol–water partition coefficient (Wildman–Crippen LogP) is 3.66. The minimum Gasteiger partial charge on any atom is -0.455 e. The molecule has 1 fully saturated rings. The molecule has 164 valence electrons. The van der Waals surface area contributed by atoms with Crippen molar-refractivity contribution in [3.05, 3.63) is 102 Å². The summed E-state index contributed by atoms with van der Waals surface area (Å²) in [5.74, 6) is -1.58. The van der Waals surface area contributed by atoms with Crippen LogP contribution in [0.4, 0.5) is 5.69 Å². The minimum atomic E-state index is -3.52. The van der Waals surface area contributed by atoms with Crippen LogP contribution in [0.25, 0.3) is 0 Å². The number of hydrogen-bond donors (Lipinski definition) is 0. The van der Waals surface area contributed by atoms with Crippen molar-refractivity contribution in [3.63, 3.8) is 0 Å². The smallest absolute Gasteiger partial charge is 0.338 e. The average molecular weight is 450 g/mol. The number of ether oxygens (including phenoxy) is 1. The molecule has 0 saturated carbocycles. The lowest BCUT2D eigenvalue weighted by molar-refractivity contribution is 0.0314. The Labute approximate surface area is 187 Å². The number of hydrogen-bond acceptors (Lipinski definition) is 5. The molecule has 4 rings (SSSR count). The molecule has 0 N–H and O–H groups in total. The van der Waals surface area contributed by atoms with E-state index in [9.17, 15) is 18.0 Å². The van der Waals surface area contributed by atoms with E-state index in [1.165, 1.54) is 4.90 Å². The third-order valence-electron chi connectivity index (χ3n) is 5.39. The third-order valence-corrected chi connectivity index (χ3v) is 7.08. The second-order valence-corrected chi connectivity index (χ2v) is 9.99. The number of rotatable bonds is 5. The van der Waals surface area contributed by atoms with E-state index < -0.39 is 28.0 Å². The maximum atomic E-state index is 13.5. The van der Waals surface area contributed by atoms with Gasteiger partial charge in [-0.2, -0.15) is 0 Å². The van der Waals surface area contributed by atoms with Gasteiger partial charge in [-0.1, -0.05) is 48.5 Å². The molecule has 6 nitrogen and oxygen atoms in total. The van der Waals surface area contributed by atoms with Crippen molar-refractivity contribution < 1.29 is 22.7 Å². The average Bonchev–Trinajstić information content (AvgIpc) is 3.08. The van der Waals surface area contributed by atoms with Crippen LogP contribution >= 0.6 is 0 Å². The van der Waals surface area contributed by atoms with E-state index >= 15 is 0 Å². The number of sulfone groups is 1. The summed E-state index contributed by atoms with van der Waals surface area (Å²) in [4.78, 5) is 27.7. The lowest BCUT2D eigenvalue weighted by Gasteiger charge is -2.32. The summed E-state index contributed by atoms with van der Waals surface area (Å²) in [5, 5.41) is 0. The molecule has 1 heterocycles. The van der Waals surface area contributed by atoms with E-state index in [4.69, 9.17) is 4.74 Å².